The van der Waals surface area contributed by atoms with Crippen LogP contribution in [0.3, 0.4) is 0 Å². The summed E-state index contributed by atoms with van der Waals surface area (Å²) in [6, 6.07) is 1.84. The summed E-state index contributed by atoms with van der Waals surface area (Å²) in [5.41, 5.74) is 12.5. The molecule has 0 atom stereocenters. The van der Waals surface area contributed by atoms with Gasteiger partial charge in [-0.05, 0) is 32.4 Å². The van der Waals surface area contributed by atoms with E-state index < -0.39 is 11.4 Å². The van der Waals surface area contributed by atoms with Crippen LogP contribution in [0.25, 0.3) is 11.2 Å². The van der Waals surface area contributed by atoms with Crippen LogP contribution in [0.2, 0.25) is 0 Å². The number of hydrogen-bond donors (Lipinski definition) is 2. The molecule has 0 saturated heterocycles. The standard InChI is InChI=1S/C11H15N5O/c1-6-4-5-14-8-7(6)15-10(13)16(8)11(2,3)9(12)17/h4-5H,1-3H3,(H2,12,17)(H2,13,15). The summed E-state index contributed by atoms with van der Waals surface area (Å²) < 4.78 is 1.57. The van der Waals surface area contributed by atoms with Crippen LogP contribution >= 0.6 is 0 Å². The third-order valence-corrected chi connectivity index (χ3v) is 2.94. The molecule has 4 N–H and O–H groups in total. The van der Waals surface area contributed by atoms with Crippen molar-refractivity contribution in [3.63, 3.8) is 0 Å². The Hall–Kier alpha value is -2.11. The molecule has 90 valence electrons. The molecule has 2 aromatic heterocycles. The van der Waals surface area contributed by atoms with Crippen LogP contribution in [0.5, 0.6) is 0 Å². The molecule has 0 aromatic carbocycles. The summed E-state index contributed by atoms with van der Waals surface area (Å²) in [5.74, 6) is -0.239. The summed E-state index contributed by atoms with van der Waals surface area (Å²) in [7, 11) is 0. The van der Waals surface area contributed by atoms with Crippen molar-refractivity contribution >= 4 is 23.0 Å². The molecule has 0 bridgehead atoms. The fourth-order valence-corrected chi connectivity index (χ4v) is 1.77. The van der Waals surface area contributed by atoms with Gasteiger partial charge in [0.2, 0.25) is 11.9 Å². The lowest BCUT2D eigenvalue weighted by atomic mass is 10.0. The van der Waals surface area contributed by atoms with Gasteiger partial charge in [0.1, 0.15) is 11.1 Å². The Morgan fingerprint density at radius 1 is 1.47 bits per heavy atom. The molecular formula is C11H15N5O. The molecule has 0 saturated carbocycles. The summed E-state index contributed by atoms with van der Waals surface area (Å²) in [5, 5.41) is 0. The second kappa shape index (κ2) is 3.44. The van der Waals surface area contributed by atoms with Gasteiger partial charge in [-0.1, -0.05) is 0 Å². The summed E-state index contributed by atoms with van der Waals surface area (Å²) in [6.07, 6.45) is 1.66. The lowest BCUT2D eigenvalue weighted by Gasteiger charge is -2.23. The first-order valence-electron chi connectivity index (χ1n) is 5.25. The highest BCUT2D eigenvalue weighted by Gasteiger charge is 2.31. The van der Waals surface area contributed by atoms with Crippen molar-refractivity contribution in [3.8, 4) is 0 Å². The first-order chi connectivity index (χ1) is 7.85. The Morgan fingerprint density at radius 2 is 2.12 bits per heavy atom. The number of nitrogens with zero attached hydrogens (tertiary/aromatic N) is 3. The molecule has 1 amide bonds. The van der Waals surface area contributed by atoms with Gasteiger partial charge in [0.15, 0.2) is 5.65 Å². The first kappa shape index (κ1) is 11.4. The molecule has 0 radical (unpaired) electrons. The number of nitrogen functional groups attached to an aromatic ring is 1. The van der Waals surface area contributed by atoms with Crippen molar-refractivity contribution in [1.82, 2.24) is 14.5 Å². The van der Waals surface area contributed by atoms with Crippen molar-refractivity contribution in [3.05, 3.63) is 17.8 Å². The Labute approximate surface area is 98.6 Å². The van der Waals surface area contributed by atoms with Crippen molar-refractivity contribution < 1.29 is 4.79 Å². The highest BCUT2D eigenvalue weighted by molar-refractivity contribution is 5.86. The van der Waals surface area contributed by atoms with Crippen molar-refractivity contribution in [1.29, 1.82) is 0 Å². The van der Waals surface area contributed by atoms with Gasteiger partial charge in [-0.15, -0.1) is 0 Å². The van der Waals surface area contributed by atoms with E-state index in [1.54, 1.807) is 24.6 Å². The Bertz CT molecular complexity index is 599. The molecule has 0 unspecified atom stereocenters. The van der Waals surface area contributed by atoms with Crippen LogP contribution < -0.4 is 11.5 Å². The zero-order valence-electron chi connectivity index (χ0n) is 10.1. The number of primary amides is 1. The maximum atomic E-state index is 11.5. The normalized spacial score (nSPS) is 11.9. The van der Waals surface area contributed by atoms with Crippen molar-refractivity contribution in [2.24, 2.45) is 5.73 Å². The van der Waals surface area contributed by atoms with Crippen LogP contribution in [-0.2, 0) is 10.3 Å². The molecule has 0 fully saturated rings. The quantitative estimate of drug-likeness (QED) is 0.790. The minimum atomic E-state index is -0.959. The maximum Gasteiger partial charge on any atom is 0.243 e. The van der Waals surface area contributed by atoms with Gasteiger partial charge in [-0.2, -0.15) is 0 Å². The zero-order chi connectivity index (χ0) is 12.8. The largest absolute Gasteiger partial charge is 0.369 e. The molecule has 6 heteroatoms. The van der Waals surface area contributed by atoms with Crippen LogP contribution in [0.4, 0.5) is 5.95 Å². The van der Waals surface area contributed by atoms with Gasteiger partial charge in [0.05, 0.1) is 0 Å². The number of hydrogen-bond acceptors (Lipinski definition) is 4. The van der Waals surface area contributed by atoms with E-state index in [1.807, 2.05) is 13.0 Å². The number of rotatable bonds is 2. The third-order valence-electron chi connectivity index (χ3n) is 2.94. The van der Waals surface area contributed by atoms with E-state index in [4.69, 9.17) is 11.5 Å². The Kier molecular flexibility index (Phi) is 2.30. The molecule has 0 aliphatic rings. The number of anilines is 1. The molecule has 6 nitrogen and oxygen atoms in total. The lowest BCUT2D eigenvalue weighted by Crippen LogP contribution is -2.41. The Morgan fingerprint density at radius 3 is 2.71 bits per heavy atom. The second-order valence-electron chi connectivity index (χ2n) is 4.53. The van der Waals surface area contributed by atoms with E-state index in [1.165, 1.54) is 0 Å². The number of amides is 1. The van der Waals surface area contributed by atoms with Gasteiger partial charge in [-0.25, -0.2) is 9.97 Å². The summed E-state index contributed by atoms with van der Waals surface area (Å²) in [6.45, 7) is 5.30. The predicted molar refractivity (Wildman–Crippen MR) is 65.2 cm³/mol. The minimum absolute atomic E-state index is 0.241. The van der Waals surface area contributed by atoms with E-state index in [0.717, 1.165) is 5.56 Å². The topological polar surface area (TPSA) is 99.8 Å². The number of carbonyl (C=O) groups excluding carboxylic acids is 1. The molecular weight excluding hydrogens is 218 g/mol. The van der Waals surface area contributed by atoms with Crippen LogP contribution in [-0.4, -0.2) is 20.4 Å². The molecule has 0 aliphatic carbocycles. The predicted octanol–water partition coefficient (Wildman–Crippen LogP) is 0.542. The van der Waals surface area contributed by atoms with Crippen molar-refractivity contribution in [2.45, 2.75) is 26.3 Å². The van der Waals surface area contributed by atoms with E-state index in [0.29, 0.717) is 11.2 Å². The van der Waals surface area contributed by atoms with Gasteiger partial charge >= 0.3 is 0 Å². The van der Waals surface area contributed by atoms with E-state index in [9.17, 15) is 4.79 Å². The average molecular weight is 233 g/mol. The fourth-order valence-electron chi connectivity index (χ4n) is 1.77. The molecule has 17 heavy (non-hydrogen) atoms. The smallest absolute Gasteiger partial charge is 0.243 e. The van der Waals surface area contributed by atoms with Gasteiger partial charge in [0.25, 0.3) is 0 Å². The number of aromatic nitrogens is 3. The molecule has 2 rings (SSSR count). The van der Waals surface area contributed by atoms with Gasteiger partial charge in [0, 0.05) is 6.20 Å². The number of imidazole rings is 1. The van der Waals surface area contributed by atoms with E-state index >= 15 is 0 Å². The van der Waals surface area contributed by atoms with Crippen LogP contribution in [0, 0.1) is 6.92 Å². The maximum absolute atomic E-state index is 11.5. The van der Waals surface area contributed by atoms with Crippen molar-refractivity contribution in [2.75, 3.05) is 5.73 Å². The van der Waals surface area contributed by atoms with Gasteiger partial charge in [-0.3, -0.25) is 9.36 Å². The summed E-state index contributed by atoms with van der Waals surface area (Å²) >= 11 is 0. The molecule has 0 aliphatic heterocycles. The lowest BCUT2D eigenvalue weighted by molar-refractivity contribution is -0.124. The Balaban J connectivity index is 2.83. The second-order valence-corrected chi connectivity index (χ2v) is 4.53. The average Bonchev–Trinajstić information content (AvgIpc) is 2.56. The highest BCUT2D eigenvalue weighted by Crippen LogP contribution is 2.26. The number of fused-ring (bicyclic) bond motifs is 1. The van der Waals surface area contributed by atoms with Gasteiger partial charge < -0.3 is 11.5 Å². The monoisotopic (exact) mass is 233 g/mol. The SMILES string of the molecule is Cc1ccnc2c1nc(N)n2C(C)(C)C(N)=O. The zero-order valence-corrected chi connectivity index (χ0v) is 10.1. The fraction of sp³-hybridized carbons (Fsp3) is 0.364. The van der Waals surface area contributed by atoms with Crippen LogP contribution in [0.1, 0.15) is 19.4 Å². The summed E-state index contributed by atoms with van der Waals surface area (Å²) in [4.78, 5) is 19.9. The molecule has 0 spiro atoms. The number of aryl methyl sites for hydroxylation is 1. The minimum Gasteiger partial charge on any atom is -0.369 e. The number of nitrogens with two attached hydrogens (primary N) is 2. The van der Waals surface area contributed by atoms with E-state index in [-0.39, 0.29) is 5.95 Å². The number of carbonyl (C=O) groups is 1. The first-order valence-corrected chi connectivity index (χ1v) is 5.25. The highest BCUT2D eigenvalue weighted by atomic mass is 16.1. The number of pyridine rings is 1. The molecule has 2 heterocycles. The van der Waals surface area contributed by atoms with Crippen LogP contribution in [0.15, 0.2) is 12.3 Å². The van der Waals surface area contributed by atoms with E-state index in [2.05, 4.69) is 9.97 Å². The third kappa shape index (κ3) is 1.52. The molecule has 2 aromatic rings.